The molecule has 6 aromatic rings. The lowest BCUT2D eigenvalue weighted by Crippen LogP contribution is -2.52. The number of fused-ring (bicyclic) bond motifs is 13. The van der Waals surface area contributed by atoms with Gasteiger partial charge in [0.05, 0.1) is 34.6 Å². The normalized spacial score (nSPS) is 16.7. The molecule has 0 unspecified atom stereocenters. The van der Waals surface area contributed by atoms with Crippen LogP contribution in [-0.2, 0) is 28.7 Å². The lowest BCUT2D eigenvalue weighted by molar-refractivity contribution is -0.124. The number of amides is 10. The first kappa shape index (κ1) is 63.4. The number of aliphatic hydroxyl groups excluding tert-OH is 1. The van der Waals surface area contributed by atoms with Crippen LogP contribution in [0.2, 0.25) is 0 Å². The van der Waals surface area contributed by atoms with Gasteiger partial charge in [-0.05, 0) is 46.2 Å². The zero-order chi connectivity index (χ0) is 63.7. The molecular formula is C54H52N16O15S2. The van der Waals surface area contributed by atoms with Crippen LogP contribution in [0.15, 0.2) is 110 Å². The number of hydrogen-bond acceptors (Lipinski definition) is 23. The quantitative estimate of drug-likeness (QED) is 0.0875. The highest BCUT2D eigenvalue weighted by Gasteiger charge is 2.32. The number of hydrogen-bond donors (Lipinski definition) is 11. The number of oxazole rings is 3. The van der Waals surface area contributed by atoms with Crippen molar-refractivity contribution in [2.24, 2.45) is 5.73 Å². The third-order valence-corrected chi connectivity index (χ3v) is 13.5. The molecule has 1 aliphatic rings. The fourth-order valence-corrected chi connectivity index (χ4v) is 8.97. The highest BCUT2D eigenvalue weighted by atomic mass is 32.1. The summed E-state index contributed by atoms with van der Waals surface area (Å²) in [5.41, 5.74) is 1.07. The fourth-order valence-electron chi connectivity index (χ4n) is 7.32. The number of ether oxygens (including phenoxy) is 1. The second kappa shape index (κ2) is 27.0. The smallest absolute Gasteiger partial charge is 0.278 e. The Hall–Kier alpha value is -11.2. The summed E-state index contributed by atoms with van der Waals surface area (Å²) in [4.78, 5) is 159. The highest BCUT2D eigenvalue weighted by Crippen LogP contribution is 2.34. The number of aliphatic hydroxyl groups is 1. The number of carbonyl (C=O) groups excluding carboxylic acids is 10. The van der Waals surface area contributed by atoms with Crippen LogP contribution in [-0.4, -0.2) is 113 Å². The van der Waals surface area contributed by atoms with Crippen molar-refractivity contribution in [3.8, 4) is 22.0 Å². The van der Waals surface area contributed by atoms with Gasteiger partial charge in [-0.15, -0.1) is 22.7 Å². The van der Waals surface area contributed by atoms with Crippen molar-refractivity contribution >= 4 is 98.8 Å². The van der Waals surface area contributed by atoms with E-state index >= 15 is 0 Å². The minimum Gasteiger partial charge on any atom is -0.443 e. The van der Waals surface area contributed by atoms with Gasteiger partial charge in [-0.2, -0.15) is 0 Å². The van der Waals surface area contributed by atoms with Crippen molar-refractivity contribution in [1.82, 2.24) is 77.8 Å². The molecule has 0 aliphatic carbocycles. The van der Waals surface area contributed by atoms with Crippen molar-refractivity contribution in [1.29, 1.82) is 0 Å². The Morgan fingerprint density at radius 2 is 1.32 bits per heavy atom. The van der Waals surface area contributed by atoms with Crippen LogP contribution in [0.4, 0.5) is 0 Å². The molecule has 12 N–H and O–H groups in total. The van der Waals surface area contributed by atoms with Gasteiger partial charge in [0.2, 0.25) is 23.6 Å². The molecule has 1 aliphatic heterocycles. The SMILES string of the molecule is C=C(NC(=O)C(=C)NC(=O)C(=C)NC(=O)c1ccc2c(n1)-c1coc(n1)C(=C)NC(=O)C(=C)NC(=O)c1nc(oc1C)/C(=C/C)NC(=O)c1csc(n1)[C@@H](OC)NC(=O)c1nc(oc1C)/C(=C/CC)NC(=O)[C@H]([C@@H](C)O)NC(=O)c1csc-2n1)C(N)=O. The van der Waals surface area contributed by atoms with Gasteiger partial charge in [-0.25, -0.2) is 29.9 Å². The van der Waals surface area contributed by atoms with E-state index in [0.717, 1.165) is 28.9 Å². The number of nitrogens with zero attached hydrogens (tertiary/aromatic N) is 6. The second-order valence-electron chi connectivity index (χ2n) is 18.1. The topological polar surface area (TPSA) is 451 Å². The van der Waals surface area contributed by atoms with Gasteiger partial charge in [-0.1, -0.05) is 52.0 Å². The third-order valence-electron chi connectivity index (χ3n) is 11.8. The predicted octanol–water partition coefficient (Wildman–Crippen LogP) is 2.15. The molecule has 33 heteroatoms. The molecule has 6 aromatic heterocycles. The minimum atomic E-state index is -1.65. The summed E-state index contributed by atoms with van der Waals surface area (Å²) >= 11 is 1.86. The number of nitrogens with one attached hydrogen (secondary N) is 9. The zero-order valence-corrected chi connectivity index (χ0v) is 48.4. The predicted molar refractivity (Wildman–Crippen MR) is 307 cm³/mol. The molecule has 31 nitrogen and oxygen atoms in total. The number of primary amides is 1. The van der Waals surface area contributed by atoms with E-state index in [2.05, 4.69) is 105 Å². The number of aromatic nitrogens is 6. The van der Waals surface area contributed by atoms with Gasteiger partial charge < -0.3 is 76.7 Å². The number of carbonyl (C=O) groups is 10. The molecule has 87 heavy (non-hydrogen) atoms. The molecule has 0 spiro atoms. The van der Waals surface area contributed by atoms with Gasteiger partial charge in [0.15, 0.2) is 17.6 Å². The molecule has 10 amide bonds. The summed E-state index contributed by atoms with van der Waals surface area (Å²) in [5, 5.41) is 35.2. The van der Waals surface area contributed by atoms with Gasteiger partial charge >= 0.3 is 0 Å². The van der Waals surface area contributed by atoms with Crippen LogP contribution in [0, 0.1) is 13.8 Å². The van der Waals surface area contributed by atoms with E-state index in [4.69, 9.17) is 23.7 Å². The maximum atomic E-state index is 14.0. The van der Waals surface area contributed by atoms with Crippen molar-refractivity contribution < 1.29 is 71.0 Å². The first-order chi connectivity index (χ1) is 41.2. The molecule has 0 radical (unpaired) electrons. The monoisotopic (exact) mass is 1230 g/mol. The largest absolute Gasteiger partial charge is 0.443 e. The first-order valence-corrected chi connectivity index (χ1v) is 26.9. The molecule has 0 aromatic carbocycles. The number of methoxy groups -OCH3 is 1. The van der Waals surface area contributed by atoms with E-state index in [1.807, 2.05) is 5.32 Å². The maximum absolute atomic E-state index is 14.0. The number of rotatable bonds is 10. The molecule has 10 bridgehead atoms. The van der Waals surface area contributed by atoms with Crippen LogP contribution in [0.5, 0.6) is 0 Å². The number of thiazole rings is 2. The van der Waals surface area contributed by atoms with Crippen molar-refractivity contribution in [2.75, 3.05) is 7.11 Å². The molecule has 450 valence electrons. The van der Waals surface area contributed by atoms with Gasteiger partial charge in [0.25, 0.3) is 53.2 Å². The Morgan fingerprint density at radius 1 is 0.713 bits per heavy atom. The number of aryl methyl sites for hydroxylation is 2. The van der Waals surface area contributed by atoms with Gasteiger partial charge in [0, 0.05) is 23.4 Å². The summed E-state index contributed by atoms with van der Waals surface area (Å²) in [6.45, 7) is 25.0. The van der Waals surface area contributed by atoms with Gasteiger partial charge in [0.1, 0.15) is 73.7 Å². The number of pyridine rings is 1. The summed E-state index contributed by atoms with van der Waals surface area (Å²) < 4.78 is 22.8. The van der Waals surface area contributed by atoms with Crippen LogP contribution in [0.25, 0.3) is 39.1 Å². The summed E-state index contributed by atoms with van der Waals surface area (Å²) in [6.07, 6.45) is 1.55. The first-order valence-electron chi connectivity index (χ1n) is 25.2. The Balaban J connectivity index is 1.22. The minimum absolute atomic E-state index is 0.00747. The third kappa shape index (κ3) is 14.8. The fraction of sp³-hybridized carbons (Fsp3) is 0.185. The number of allylic oxidation sites excluding steroid dienone is 2. The highest BCUT2D eigenvalue weighted by molar-refractivity contribution is 7.13. The zero-order valence-electron chi connectivity index (χ0n) is 46.8. The van der Waals surface area contributed by atoms with E-state index in [0.29, 0.717) is 6.42 Å². The Labute approximate surface area is 499 Å². The van der Waals surface area contributed by atoms with Crippen LogP contribution < -0.4 is 53.6 Å². The van der Waals surface area contributed by atoms with Crippen molar-refractivity contribution in [2.45, 2.75) is 59.4 Å². The average molecular weight is 1230 g/mol. The van der Waals surface area contributed by atoms with E-state index in [1.165, 1.54) is 62.9 Å². The van der Waals surface area contributed by atoms with E-state index < -0.39 is 100 Å². The summed E-state index contributed by atoms with van der Waals surface area (Å²) in [6, 6.07) is 0.899. The van der Waals surface area contributed by atoms with Crippen molar-refractivity contribution in [3.05, 3.63) is 160 Å². The van der Waals surface area contributed by atoms with E-state index in [9.17, 15) is 53.1 Å². The molecule has 7 rings (SSSR count). The van der Waals surface area contributed by atoms with Crippen LogP contribution in [0.3, 0.4) is 0 Å². The molecule has 3 atom stereocenters. The maximum Gasteiger partial charge on any atom is 0.278 e. The molecule has 0 saturated carbocycles. The lowest BCUT2D eigenvalue weighted by Gasteiger charge is -2.20. The lowest BCUT2D eigenvalue weighted by atomic mass is 10.1. The van der Waals surface area contributed by atoms with Crippen molar-refractivity contribution in [3.63, 3.8) is 0 Å². The molecule has 0 saturated heterocycles. The molecule has 7 heterocycles. The standard InChI is InChI=1S/C54H52N16O15S2/c1-12-14-31-51-69-37(27(10)85-51)48(81)70-52(82-11)54-66-33(19-87-54)44(77)62-29(13-2)50-68-36(26(9)84-50)47(80)59-23(6)42(75)60-24(7)49-64-32(17-83-49)38-28(53-65-34(18-86-53)45(78)67-35(25(8)71)46(79)63-31)15-16-30(61-38)43(76)58-22(5)41(74)57-21(4)40(73)56-20(3)39(55)72/h13-19,25,35,52,71H,3-7,12H2,1-2,8-11H3,(H2,55,72)(H,56,73)(H,57,74)(H,58,76)(H,59,80)(H,60,75)(H,62,77)(H,63,79)(H,67,78)(H,70,81)/b29-13-,31-14-/t25-,35+,52-/m1/s1. The van der Waals surface area contributed by atoms with E-state index in [1.54, 1.807) is 13.8 Å². The Morgan fingerprint density at radius 3 is 1.95 bits per heavy atom. The molecular weight excluding hydrogens is 1180 g/mol. The Bertz CT molecular complexity index is 3990. The second-order valence-corrected chi connectivity index (χ2v) is 19.8. The summed E-state index contributed by atoms with van der Waals surface area (Å²) in [5.74, 6) is -10.5. The van der Waals surface area contributed by atoms with Crippen LogP contribution >= 0.6 is 22.7 Å². The average Bonchev–Trinajstić information content (AvgIpc) is 2.86. The number of nitrogens with two attached hydrogens (primary N) is 1. The van der Waals surface area contributed by atoms with E-state index in [-0.39, 0.29) is 102 Å². The Kier molecular flexibility index (Phi) is 19.7. The van der Waals surface area contributed by atoms with Crippen LogP contribution in [0.1, 0.15) is 120 Å². The molecule has 0 fully saturated rings. The summed E-state index contributed by atoms with van der Waals surface area (Å²) in [7, 11) is 1.28. The van der Waals surface area contributed by atoms with Gasteiger partial charge in [-0.3, -0.25) is 47.9 Å².